The van der Waals surface area contributed by atoms with E-state index in [0.29, 0.717) is 18.1 Å². The number of nitrogens with one attached hydrogen (secondary N) is 3. The number of aromatic amines is 2. The molecule has 2 aromatic heterocycles. The van der Waals surface area contributed by atoms with Crippen molar-refractivity contribution in [2.45, 2.75) is 76.9 Å². The van der Waals surface area contributed by atoms with Crippen LogP contribution in [-0.4, -0.2) is 44.5 Å². The van der Waals surface area contributed by atoms with Crippen molar-refractivity contribution in [1.29, 1.82) is 0 Å². The normalized spacial score (nSPS) is 24.7. The zero-order valence-electron chi connectivity index (χ0n) is 24.4. The van der Waals surface area contributed by atoms with E-state index in [1.54, 1.807) is 0 Å². The average Bonchev–Trinajstić information content (AvgIpc) is 3.81. The summed E-state index contributed by atoms with van der Waals surface area (Å²) in [6.45, 7) is 5.72. The third-order valence-corrected chi connectivity index (χ3v) is 10.2. The third-order valence-electron chi connectivity index (χ3n) is 10.2. The smallest absolute Gasteiger partial charge is 0.124 e. The zero-order chi connectivity index (χ0) is 27.7. The van der Waals surface area contributed by atoms with Crippen LogP contribution < -0.4 is 5.32 Å². The summed E-state index contributed by atoms with van der Waals surface area (Å²) in [5.41, 5.74) is 10.4. The minimum absolute atomic E-state index is 0.325. The van der Waals surface area contributed by atoms with Gasteiger partial charge in [-0.15, -0.1) is 0 Å². The number of hydrogen-bond acceptors (Lipinski definition) is 4. The minimum atomic E-state index is 0.325. The van der Waals surface area contributed by atoms with Gasteiger partial charge in [-0.1, -0.05) is 43.7 Å². The van der Waals surface area contributed by atoms with Gasteiger partial charge in [-0.3, -0.25) is 4.90 Å². The van der Waals surface area contributed by atoms with Crippen LogP contribution in [0.15, 0.2) is 48.7 Å². The molecule has 2 saturated heterocycles. The summed E-state index contributed by atoms with van der Waals surface area (Å²) in [4.78, 5) is 19.8. The summed E-state index contributed by atoms with van der Waals surface area (Å²) < 4.78 is 0. The summed E-state index contributed by atoms with van der Waals surface area (Å²) in [6.07, 6.45) is 10.3. The molecule has 3 aromatic carbocycles. The number of fused-ring (bicyclic) bond motifs is 4. The zero-order valence-corrected chi connectivity index (χ0v) is 24.4. The van der Waals surface area contributed by atoms with E-state index in [4.69, 9.17) is 9.97 Å². The molecular weight excluding hydrogens is 504 g/mol. The van der Waals surface area contributed by atoms with Gasteiger partial charge in [0.1, 0.15) is 11.6 Å². The number of imidazole rings is 2. The molecule has 0 spiro atoms. The maximum Gasteiger partial charge on any atom is 0.124 e. The van der Waals surface area contributed by atoms with E-state index in [0.717, 1.165) is 54.4 Å². The van der Waals surface area contributed by atoms with Gasteiger partial charge in [0, 0.05) is 23.5 Å². The molecule has 1 aliphatic carbocycles. The summed E-state index contributed by atoms with van der Waals surface area (Å²) >= 11 is 0. The van der Waals surface area contributed by atoms with Crippen molar-refractivity contribution in [3.63, 3.8) is 0 Å². The lowest BCUT2D eigenvalue weighted by Crippen LogP contribution is -2.21. The van der Waals surface area contributed by atoms with Gasteiger partial charge in [0.2, 0.25) is 0 Å². The van der Waals surface area contributed by atoms with Crippen molar-refractivity contribution in [2.75, 3.05) is 13.6 Å². The second-order valence-corrected chi connectivity index (χ2v) is 12.8. The van der Waals surface area contributed by atoms with E-state index in [9.17, 15) is 0 Å². The van der Waals surface area contributed by atoms with Crippen LogP contribution in [0.3, 0.4) is 0 Å². The molecule has 41 heavy (non-hydrogen) atoms. The summed E-state index contributed by atoms with van der Waals surface area (Å²) in [5.74, 6) is 2.96. The van der Waals surface area contributed by atoms with Crippen LogP contribution >= 0.6 is 0 Å². The molecule has 0 bridgehead atoms. The SMILES string of the molecule is CC[C@H]1C[C@@H](c2ncc(-c3ccc(-c4ccc5c(ccc6[nH]c([C@@H]7CC[C@H](C)N7)nc65)c4)c4c3CCC4)[nH]2)N(C)C1. The molecule has 2 aliphatic heterocycles. The van der Waals surface area contributed by atoms with Crippen molar-refractivity contribution < 1.29 is 0 Å². The fourth-order valence-corrected chi connectivity index (χ4v) is 7.89. The summed E-state index contributed by atoms with van der Waals surface area (Å²) in [7, 11) is 2.24. The van der Waals surface area contributed by atoms with Crippen LogP contribution in [0.1, 0.15) is 80.8 Å². The molecule has 8 rings (SSSR count). The molecule has 0 radical (unpaired) electrons. The first kappa shape index (κ1) is 25.2. The van der Waals surface area contributed by atoms with Gasteiger partial charge in [-0.05, 0) is 98.2 Å². The number of nitrogens with zero attached hydrogens (tertiary/aromatic N) is 3. The van der Waals surface area contributed by atoms with Crippen molar-refractivity contribution in [2.24, 2.45) is 5.92 Å². The maximum atomic E-state index is 5.08. The predicted octanol–water partition coefficient (Wildman–Crippen LogP) is 7.48. The van der Waals surface area contributed by atoms with Crippen LogP contribution in [-0.2, 0) is 12.8 Å². The Hall–Kier alpha value is -3.48. The lowest BCUT2D eigenvalue weighted by Gasteiger charge is -2.17. The molecule has 4 heterocycles. The highest BCUT2D eigenvalue weighted by Gasteiger charge is 2.32. The first-order chi connectivity index (χ1) is 20.1. The Morgan fingerprint density at radius 2 is 1.80 bits per heavy atom. The predicted molar refractivity (Wildman–Crippen MR) is 167 cm³/mol. The van der Waals surface area contributed by atoms with Crippen molar-refractivity contribution in [3.05, 3.63) is 71.4 Å². The Balaban J connectivity index is 1.13. The fourth-order valence-electron chi connectivity index (χ4n) is 7.89. The Morgan fingerprint density at radius 1 is 0.951 bits per heavy atom. The van der Waals surface area contributed by atoms with Crippen molar-refractivity contribution >= 4 is 21.8 Å². The Bertz CT molecular complexity index is 1760. The highest BCUT2D eigenvalue weighted by atomic mass is 15.2. The van der Waals surface area contributed by atoms with E-state index < -0.39 is 0 Å². The largest absolute Gasteiger partial charge is 0.341 e. The molecular formula is C35H40N6. The third kappa shape index (κ3) is 4.22. The van der Waals surface area contributed by atoms with Gasteiger partial charge in [-0.25, -0.2) is 9.97 Å². The number of H-pyrrole nitrogens is 2. The van der Waals surface area contributed by atoms with Gasteiger partial charge in [0.25, 0.3) is 0 Å². The second kappa shape index (κ2) is 9.81. The molecule has 3 aliphatic rings. The molecule has 6 nitrogen and oxygen atoms in total. The van der Waals surface area contributed by atoms with Crippen LogP contribution in [0.4, 0.5) is 0 Å². The van der Waals surface area contributed by atoms with E-state index in [1.165, 1.54) is 70.0 Å². The minimum Gasteiger partial charge on any atom is -0.341 e. The highest BCUT2D eigenvalue weighted by molar-refractivity contribution is 6.05. The molecule has 210 valence electrons. The van der Waals surface area contributed by atoms with Crippen LogP contribution in [0.25, 0.3) is 44.2 Å². The van der Waals surface area contributed by atoms with Crippen molar-refractivity contribution in [3.8, 4) is 22.4 Å². The van der Waals surface area contributed by atoms with Crippen LogP contribution in [0.2, 0.25) is 0 Å². The number of rotatable bonds is 5. The molecule has 6 heteroatoms. The molecule has 4 atom stereocenters. The van der Waals surface area contributed by atoms with Gasteiger partial charge in [0.05, 0.1) is 35.0 Å². The van der Waals surface area contributed by atoms with Crippen LogP contribution in [0, 0.1) is 5.92 Å². The Kier molecular flexibility index (Phi) is 6.04. The lowest BCUT2D eigenvalue weighted by atomic mass is 9.91. The topological polar surface area (TPSA) is 72.6 Å². The number of hydrogen-bond donors (Lipinski definition) is 3. The van der Waals surface area contributed by atoms with Gasteiger partial charge >= 0.3 is 0 Å². The maximum absolute atomic E-state index is 5.08. The summed E-state index contributed by atoms with van der Waals surface area (Å²) in [5, 5.41) is 6.14. The van der Waals surface area contributed by atoms with Gasteiger partial charge < -0.3 is 15.3 Å². The number of likely N-dealkylation sites (tertiary alicyclic amines) is 1. The molecule has 3 N–H and O–H groups in total. The molecule has 5 aromatic rings. The Labute approximate surface area is 242 Å². The number of aromatic nitrogens is 4. The summed E-state index contributed by atoms with van der Waals surface area (Å²) in [6, 6.07) is 17.3. The quantitative estimate of drug-likeness (QED) is 0.214. The first-order valence-corrected chi connectivity index (χ1v) is 15.6. The van der Waals surface area contributed by atoms with Gasteiger partial charge in [0.15, 0.2) is 0 Å². The number of benzene rings is 3. The molecule has 2 fully saturated rings. The van der Waals surface area contributed by atoms with Crippen molar-refractivity contribution in [1.82, 2.24) is 30.2 Å². The average molecular weight is 545 g/mol. The molecule has 0 unspecified atom stereocenters. The monoisotopic (exact) mass is 544 g/mol. The molecule has 0 amide bonds. The van der Waals surface area contributed by atoms with E-state index in [-0.39, 0.29) is 0 Å². The molecule has 0 saturated carbocycles. The standard InChI is InChI=1S/C35H40N6/c1-4-21-16-32(41(3)19-21)35-36-18-31(39-35)28-13-12-24(26-6-5-7-27(26)28)22-9-11-25-23(17-22)10-15-29-33(25)40-34(38-29)30-14-8-20(2)37-30/h9-13,15,17-18,20-21,30,32,37H,4-8,14,16,19H2,1-3H3,(H,36,39)(H,38,40)/t20-,21-,30-,32-/m0/s1. The second-order valence-electron chi connectivity index (χ2n) is 12.8. The fraction of sp³-hybridized carbons (Fsp3) is 0.429. The van der Waals surface area contributed by atoms with E-state index >= 15 is 0 Å². The highest BCUT2D eigenvalue weighted by Crippen LogP contribution is 2.41. The van der Waals surface area contributed by atoms with Crippen LogP contribution in [0.5, 0.6) is 0 Å². The van der Waals surface area contributed by atoms with E-state index in [1.807, 2.05) is 0 Å². The van der Waals surface area contributed by atoms with Gasteiger partial charge in [-0.2, -0.15) is 0 Å². The lowest BCUT2D eigenvalue weighted by molar-refractivity contribution is 0.303. The van der Waals surface area contributed by atoms with E-state index in [2.05, 4.69) is 89.7 Å². The first-order valence-electron chi connectivity index (χ1n) is 15.6. The Morgan fingerprint density at radius 3 is 2.61 bits per heavy atom.